The van der Waals surface area contributed by atoms with E-state index in [9.17, 15) is 9.59 Å². The Morgan fingerprint density at radius 2 is 1.64 bits per heavy atom. The van der Waals surface area contributed by atoms with Crippen molar-refractivity contribution in [2.24, 2.45) is 0 Å². The molecule has 5 nitrogen and oxygen atoms in total. The minimum absolute atomic E-state index is 0.0493. The molecule has 148 valence electrons. The van der Waals surface area contributed by atoms with Crippen molar-refractivity contribution in [1.29, 1.82) is 0 Å². The number of nitrogens with zero attached hydrogens (tertiary/aromatic N) is 1. The number of amides is 2. The van der Waals surface area contributed by atoms with Gasteiger partial charge in [0, 0.05) is 28.8 Å². The summed E-state index contributed by atoms with van der Waals surface area (Å²) in [6.07, 6.45) is 1.48. The lowest BCUT2D eigenvalue weighted by molar-refractivity contribution is -0.122. The molecule has 1 aliphatic rings. The fourth-order valence-corrected chi connectivity index (χ4v) is 4.04. The van der Waals surface area contributed by atoms with Crippen LogP contribution in [0.15, 0.2) is 40.9 Å². The Bertz CT molecular complexity index is 851. The fourth-order valence-electron chi connectivity index (χ4n) is 3.36. The highest BCUT2D eigenvalue weighted by molar-refractivity contribution is 9.10. The third-order valence-electron chi connectivity index (χ3n) is 4.88. The van der Waals surface area contributed by atoms with Crippen molar-refractivity contribution >= 4 is 33.4 Å². The van der Waals surface area contributed by atoms with E-state index in [1.54, 1.807) is 31.2 Å². The molecule has 6 heteroatoms. The van der Waals surface area contributed by atoms with Gasteiger partial charge in [-0.25, -0.2) is 0 Å². The van der Waals surface area contributed by atoms with Crippen LogP contribution in [0, 0.1) is 13.8 Å². The van der Waals surface area contributed by atoms with Gasteiger partial charge in [-0.2, -0.15) is 0 Å². The second-order valence-electron chi connectivity index (χ2n) is 7.19. The van der Waals surface area contributed by atoms with Crippen LogP contribution in [0.25, 0.3) is 0 Å². The first-order valence-electron chi connectivity index (χ1n) is 9.49. The normalized spacial score (nSPS) is 14.6. The number of aryl methyl sites for hydroxylation is 2. The van der Waals surface area contributed by atoms with Gasteiger partial charge in [0.25, 0.3) is 11.8 Å². The molecule has 2 amide bonds. The van der Waals surface area contributed by atoms with Crippen LogP contribution in [0.5, 0.6) is 5.75 Å². The average Bonchev–Trinajstić information content (AvgIpc) is 3.19. The molecule has 0 spiro atoms. The highest BCUT2D eigenvalue weighted by atomic mass is 79.9. The summed E-state index contributed by atoms with van der Waals surface area (Å²) >= 11 is 3.46. The van der Waals surface area contributed by atoms with Gasteiger partial charge in [-0.15, -0.1) is 0 Å². The van der Waals surface area contributed by atoms with Crippen LogP contribution in [0.4, 0.5) is 5.69 Å². The molecule has 1 unspecified atom stereocenters. The van der Waals surface area contributed by atoms with Gasteiger partial charge in [0.05, 0.1) is 0 Å². The van der Waals surface area contributed by atoms with Crippen LogP contribution in [0.3, 0.4) is 0 Å². The molecule has 1 fully saturated rings. The third-order valence-corrected chi connectivity index (χ3v) is 5.34. The lowest BCUT2D eigenvalue weighted by Gasteiger charge is -2.19. The molecule has 28 heavy (non-hydrogen) atoms. The fraction of sp³-hybridized carbons (Fsp3) is 0.364. The Balaban J connectivity index is 1.62. The van der Waals surface area contributed by atoms with Gasteiger partial charge in [-0.05, 0) is 81.1 Å². The van der Waals surface area contributed by atoms with E-state index in [-0.39, 0.29) is 11.8 Å². The average molecular weight is 445 g/mol. The molecule has 1 aliphatic heterocycles. The predicted octanol–water partition coefficient (Wildman–Crippen LogP) is 4.71. The third kappa shape index (κ3) is 4.73. The van der Waals surface area contributed by atoms with E-state index >= 15 is 0 Å². The van der Waals surface area contributed by atoms with Crippen molar-refractivity contribution in [3.63, 3.8) is 0 Å². The molecule has 0 aliphatic carbocycles. The number of ether oxygens (including phenoxy) is 1. The summed E-state index contributed by atoms with van der Waals surface area (Å²) in [7, 11) is 0. The maximum Gasteiger partial charge on any atom is 0.265 e. The molecule has 0 radical (unpaired) electrons. The van der Waals surface area contributed by atoms with Gasteiger partial charge >= 0.3 is 0 Å². The Kier molecular flexibility index (Phi) is 6.39. The first-order valence-corrected chi connectivity index (χ1v) is 10.3. The van der Waals surface area contributed by atoms with Gasteiger partial charge in [-0.3, -0.25) is 9.59 Å². The van der Waals surface area contributed by atoms with Crippen molar-refractivity contribution in [1.82, 2.24) is 4.90 Å². The lowest BCUT2D eigenvalue weighted by Crippen LogP contribution is -2.30. The molecule has 0 aromatic heterocycles. The van der Waals surface area contributed by atoms with Crippen molar-refractivity contribution in [2.45, 2.75) is 39.7 Å². The SMILES string of the molecule is Cc1cc(Br)cc(C)c1OC(C)C(=O)Nc1ccc(C(=O)N2CCCC2)cc1. The number of rotatable bonds is 5. The molecule has 2 aromatic rings. The van der Waals surface area contributed by atoms with Crippen LogP contribution < -0.4 is 10.1 Å². The van der Waals surface area contributed by atoms with Crippen LogP contribution in [-0.2, 0) is 4.79 Å². The van der Waals surface area contributed by atoms with Gasteiger partial charge in [0.2, 0.25) is 0 Å². The maximum absolute atomic E-state index is 12.5. The molecule has 1 atom stereocenters. The topological polar surface area (TPSA) is 58.6 Å². The van der Waals surface area contributed by atoms with E-state index in [0.29, 0.717) is 11.3 Å². The van der Waals surface area contributed by atoms with Gasteiger partial charge < -0.3 is 15.0 Å². The smallest absolute Gasteiger partial charge is 0.265 e. The van der Waals surface area contributed by atoms with E-state index in [2.05, 4.69) is 21.2 Å². The molecular weight excluding hydrogens is 420 g/mol. The monoisotopic (exact) mass is 444 g/mol. The molecule has 0 bridgehead atoms. The van der Waals surface area contributed by atoms with E-state index < -0.39 is 6.10 Å². The molecule has 1 saturated heterocycles. The number of likely N-dealkylation sites (tertiary alicyclic amines) is 1. The second-order valence-corrected chi connectivity index (χ2v) is 8.11. The highest BCUT2D eigenvalue weighted by Gasteiger charge is 2.20. The van der Waals surface area contributed by atoms with Crippen molar-refractivity contribution < 1.29 is 14.3 Å². The number of halogens is 1. The summed E-state index contributed by atoms with van der Waals surface area (Å²) in [4.78, 5) is 26.8. The van der Waals surface area contributed by atoms with Crippen LogP contribution in [0.2, 0.25) is 0 Å². The van der Waals surface area contributed by atoms with E-state index in [1.165, 1.54) is 0 Å². The molecule has 1 N–H and O–H groups in total. The second kappa shape index (κ2) is 8.78. The van der Waals surface area contributed by atoms with E-state index in [0.717, 1.165) is 47.3 Å². The molecule has 1 heterocycles. The minimum atomic E-state index is -0.649. The maximum atomic E-state index is 12.5. The molecular formula is C22H25BrN2O3. The number of nitrogens with one attached hydrogen (secondary N) is 1. The summed E-state index contributed by atoms with van der Waals surface area (Å²) in [5.41, 5.74) is 3.22. The number of carbonyl (C=O) groups is 2. The van der Waals surface area contributed by atoms with Crippen molar-refractivity contribution in [3.05, 3.63) is 57.6 Å². The number of hydrogen-bond acceptors (Lipinski definition) is 3. The Hall–Kier alpha value is -2.34. The van der Waals surface area contributed by atoms with Gasteiger partial charge in [0.15, 0.2) is 6.10 Å². The predicted molar refractivity (Wildman–Crippen MR) is 114 cm³/mol. The Labute approximate surface area is 174 Å². The zero-order valence-corrected chi connectivity index (χ0v) is 18.0. The zero-order chi connectivity index (χ0) is 20.3. The first-order chi connectivity index (χ1) is 13.3. The Morgan fingerprint density at radius 3 is 2.21 bits per heavy atom. The van der Waals surface area contributed by atoms with E-state index in [4.69, 9.17) is 4.74 Å². The van der Waals surface area contributed by atoms with Gasteiger partial charge in [-0.1, -0.05) is 15.9 Å². The standard InChI is InChI=1S/C22H25BrN2O3/c1-14-12-18(23)13-15(2)20(14)28-16(3)21(26)24-19-8-6-17(7-9-19)22(27)25-10-4-5-11-25/h6-9,12-13,16H,4-5,10-11H2,1-3H3,(H,24,26). The number of anilines is 1. The molecule has 3 rings (SSSR count). The van der Waals surface area contributed by atoms with Crippen molar-refractivity contribution in [2.75, 3.05) is 18.4 Å². The number of benzene rings is 2. The minimum Gasteiger partial charge on any atom is -0.480 e. The highest BCUT2D eigenvalue weighted by Crippen LogP contribution is 2.28. The zero-order valence-electron chi connectivity index (χ0n) is 16.4. The summed E-state index contributed by atoms with van der Waals surface area (Å²) in [5.74, 6) is 0.533. The quantitative estimate of drug-likeness (QED) is 0.726. The van der Waals surface area contributed by atoms with Crippen LogP contribution in [0.1, 0.15) is 41.3 Å². The summed E-state index contributed by atoms with van der Waals surface area (Å²) in [6, 6.07) is 10.9. The summed E-state index contributed by atoms with van der Waals surface area (Å²) in [6.45, 7) is 7.27. The first kappa shape index (κ1) is 20.4. The number of hydrogen-bond donors (Lipinski definition) is 1. The summed E-state index contributed by atoms with van der Waals surface area (Å²) in [5, 5.41) is 2.85. The van der Waals surface area contributed by atoms with Crippen LogP contribution in [-0.4, -0.2) is 35.9 Å². The summed E-state index contributed by atoms with van der Waals surface area (Å²) < 4.78 is 6.88. The largest absolute Gasteiger partial charge is 0.480 e. The number of carbonyl (C=O) groups excluding carboxylic acids is 2. The lowest BCUT2D eigenvalue weighted by atomic mass is 10.1. The molecule has 2 aromatic carbocycles. The van der Waals surface area contributed by atoms with Crippen molar-refractivity contribution in [3.8, 4) is 5.75 Å². The van der Waals surface area contributed by atoms with Crippen LogP contribution >= 0.6 is 15.9 Å². The Morgan fingerprint density at radius 1 is 1.07 bits per heavy atom. The van der Waals surface area contributed by atoms with E-state index in [1.807, 2.05) is 30.9 Å². The molecule has 0 saturated carbocycles. The van der Waals surface area contributed by atoms with Gasteiger partial charge in [0.1, 0.15) is 5.75 Å².